The van der Waals surface area contributed by atoms with Gasteiger partial charge in [0.1, 0.15) is 5.25 Å². The number of fused-ring (bicyclic) bond motifs is 2. The summed E-state index contributed by atoms with van der Waals surface area (Å²) in [7, 11) is -3.73. The number of rotatable bonds is 1. The van der Waals surface area contributed by atoms with Crippen LogP contribution in [0.2, 0.25) is 0 Å². The molecule has 4 atom stereocenters. The van der Waals surface area contributed by atoms with Gasteiger partial charge in [0, 0.05) is 5.92 Å². The Kier molecular flexibility index (Phi) is 2.09. The predicted molar refractivity (Wildman–Crippen MR) is 56.4 cm³/mol. The van der Waals surface area contributed by atoms with Crippen molar-refractivity contribution in [3.8, 4) is 0 Å². The maximum absolute atomic E-state index is 11.9. The average Bonchev–Trinajstić information content (AvgIpc) is 2.48. The molecular formula is C10H17NO3S. The average molecular weight is 231 g/mol. The van der Waals surface area contributed by atoms with Crippen molar-refractivity contribution >= 4 is 15.8 Å². The molecule has 2 rings (SSSR count). The van der Waals surface area contributed by atoms with E-state index in [-0.39, 0.29) is 29.0 Å². The monoisotopic (exact) mass is 231 g/mol. The SMILES string of the molecule is C[C@H]1[C@H]2C[C@@H]([C@@H](S(N)(=O)=O)C2=O)C1(C)C. The fraction of sp³-hybridized carbons (Fsp3) is 0.900. The Morgan fingerprint density at radius 1 is 1.40 bits per heavy atom. The van der Waals surface area contributed by atoms with Crippen molar-refractivity contribution in [2.75, 3.05) is 0 Å². The minimum absolute atomic E-state index is 0.0972. The molecule has 0 amide bonds. The van der Waals surface area contributed by atoms with Gasteiger partial charge in [-0.3, -0.25) is 4.79 Å². The van der Waals surface area contributed by atoms with Gasteiger partial charge in [0.2, 0.25) is 10.0 Å². The highest BCUT2D eigenvalue weighted by atomic mass is 32.2. The molecule has 2 aliphatic rings. The third kappa shape index (κ3) is 1.29. The highest BCUT2D eigenvalue weighted by molar-refractivity contribution is 7.90. The highest BCUT2D eigenvalue weighted by Crippen LogP contribution is 2.58. The third-order valence-corrected chi connectivity index (χ3v) is 5.87. The van der Waals surface area contributed by atoms with E-state index in [1.807, 2.05) is 20.8 Å². The van der Waals surface area contributed by atoms with E-state index in [0.29, 0.717) is 6.42 Å². The first-order chi connectivity index (χ1) is 6.67. The molecular weight excluding hydrogens is 214 g/mol. The zero-order valence-corrected chi connectivity index (χ0v) is 10.0. The molecule has 15 heavy (non-hydrogen) atoms. The van der Waals surface area contributed by atoms with E-state index in [9.17, 15) is 13.2 Å². The normalized spacial score (nSPS) is 43.6. The molecule has 0 aromatic rings. The second kappa shape index (κ2) is 2.83. The lowest BCUT2D eigenvalue weighted by atomic mass is 9.69. The number of hydrogen-bond donors (Lipinski definition) is 1. The van der Waals surface area contributed by atoms with Gasteiger partial charge in [0.15, 0.2) is 5.78 Å². The highest BCUT2D eigenvalue weighted by Gasteiger charge is 2.63. The minimum Gasteiger partial charge on any atom is -0.298 e. The molecule has 2 bridgehead atoms. The van der Waals surface area contributed by atoms with Crippen molar-refractivity contribution in [3.05, 3.63) is 0 Å². The topological polar surface area (TPSA) is 77.2 Å². The molecule has 0 aliphatic heterocycles. The molecule has 2 saturated carbocycles. The summed E-state index contributed by atoms with van der Waals surface area (Å²) in [5, 5.41) is 4.19. The zero-order valence-electron chi connectivity index (χ0n) is 9.23. The summed E-state index contributed by atoms with van der Waals surface area (Å²) in [5.41, 5.74) is -0.102. The smallest absolute Gasteiger partial charge is 0.219 e. The quantitative estimate of drug-likeness (QED) is 0.715. The Hall–Kier alpha value is -0.420. The number of Topliss-reactive ketones (excluding diaryl/α,β-unsaturated/α-hetero) is 1. The van der Waals surface area contributed by atoms with E-state index in [2.05, 4.69) is 0 Å². The van der Waals surface area contributed by atoms with Crippen LogP contribution in [0, 0.1) is 23.2 Å². The van der Waals surface area contributed by atoms with Crippen LogP contribution in [0.15, 0.2) is 0 Å². The van der Waals surface area contributed by atoms with Gasteiger partial charge >= 0.3 is 0 Å². The minimum atomic E-state index is -3.73. The van der Waals surface area contributed by atoms with Crippen molar-refractivity contribution in [2.45, 2.75) is 32.4 Å². The molecule has 0 unspecified atom stereocenters. The molecule has 0 aromatic carbocycles. The van der Waals surface area contributed by atoms with Gasteiger partial charge in [-0.1, -0.05) is 20.8 Å². The lowest BCUT2D eigenvalue weighted by molar-refractivity contribution is -0.125. The first-order valence-corrected chi connectivity index (χ1v) is 6.83. The van der Waals surface area contributed by atoms with Crippen LogP contribution in [0.4, 0.5) is 0 Å². The van der Waals surface area contributed by atoms with Crippen molar-refractivity contribution in [1.29, 1.82) is 0 Å². The molecule has 5 heteroatoms. The van der Waals surface area contributed by atoms with Crippen LogP contribution < -0.4 is 5.14 Å². The van der Waals surface area contributed by atoms with Gasteiger partial charge in [-0.2, -0.15) is 0 Å². The molecule has 2 N–H and O–H groups in total. The van der Waals surface area contributed by atoms with Crippen LogP contribution in [0.3, 0.4) is 0 Å². The maximum Gasteiger partial charge on any atom is 0.219 e. The Morgan fingerprint density at radius 3 is 2.33 bits per heavy atom. The number of carbonyl (C=O) groups excluding carboxylic acids is 1. The van der Waals surface area contributed by atoms with E-state index in [1.165, 1.54) is 0 Å². The lowest BCUT2D eigenvalue weighted by Crippen LogP contribution is -2.48. The van der Waals surface area contributed by atoms with Crippen LogP contribution in [0.25, 0.3) is 0 Å². The summed E-state index contributed by atoms with van der Waals surface area (Å²) in [6.07, 6.45) is 0.689. The predicted octanol–water partition coefficient (Wildman–Crippen LogP) is 0.525. The molecule has 2 aliphatic carbocycles. The van der Waals surface area contributed by atoms with Gasteiger partial charge in [0.05, 0.1) is 0 Å². The van der Waals surface area contributed by atoms with Crippen LogP contribution >= 0.6 is 0 Å². The summed E-state index contributed by atoms with van der Waals surface area (Å²) in [6.45, 7) is 6.10. The largest absolute Gasteiger partial charge is 0.298 e. The van der Waals surface area contributed by atoms with E-state index in [0.717, 1.165) is 0 Å². The maximum atomic E-state index is 11.9. The third-order valence-electron chi connectivity index (χ3n) is 4.61. The molecule has 0 heterocycles. The number of carbonyl (C=O) groups is 1. The second-order valence-corrected chi connectivity index (χ2v) is 7.16. The Labute approximate surface area is 90.3 Å². The number of nitrogens with two attached hydrogens (primary N) is 1. The summed E-state index contributed by atoms with van der Waals surface area (Å²) >= 11 is 0. The lowest BCUT2D eigenvalue weighted by Gasteiger charge is -2.38. The number of ketones is 1. The Morgan fingerprint density at radius 2 is 1.93 bits per heavy atom. The van der Waals surface area contributed by atoms with Gasteiger partial charge < -0.3 is 0 Å². The summed E-state index contributed by atoms with van der Waals surface area (Å²) < 4.78 is 22.8. The van der Waals surface area contributed by atoms with E-state index in [1.54, 1.807) is 0 Å². The van der Waals surface area contributed by atoms with Crippen molar-refractivity contribution < 1.29 is 13.2 Å². The number of primary sulfonamides is 1. The molecule has 4 nitrogen and oxygen atoms in total. The van der Waals surface area contributed by atoms with E-state index < -0.39 is 15.3 Å². The van der Waals surface area contributed by atoms with Gasteiger partial charge in [-0.25, -0.2) is 13.6 Å². The fourth-order valence-electron chi connectivity index (χ4n) is 3.31. The summed E-state index contributed by atoms with van der Waals surface area (Å²) in [6, 6.07) is 0. The van der Waals surface area contributed by atoms with Gasteiger partial charge in [-0.05, 0) is 23.7 Å². The van der Waals surface area contributed by atoms with E-state index in [4.69, 9.17) is 5.14 Å². The Balaban J connectivity index is 2.46. The van der Waals surface area contributed by atoms with Crippen molar-refractivity contribution in [3.63, 3.8) is 0 Å². The fourth-order valence-corrected chi connectivity index (χ4v) is 4.73. The summed E-state index contributed by atoms with van der Waals surface area (Å²) in [4.78, 5) is 11.9. The van der Waals surface area contributed by atoms with E-state index >= 15 is 0 Å². The molecule has 0 radical (unpaired) electrons. The second-order valence-electron chi connectivity index (χ2n) is 5.47. The zero-order chi connectivity index (χ0) is 11.6. The van der Waals surface area contributed by atoms with Crippen LogP contribution in [0.1, 0.15) is 27.2 Å². The molecule has 2 fully saturated rings. The summed E-state index contributed by atoms with van der Waals surface area (Å²) in [5.74, 6) is -0.101. The van der Waals surface area contributed by atoms with Crippen LogP contribution in [-0.2, 0) is 14.8 Å². The standard InChI is InChI=1S/C10H17NO3S/c1-5-6-4-7(10(5,2)3)9(8(6)12)15(11,13)14/h5-7,9H,4H2,1-3H3,(H2,11,13,14)/t5-,6+,7-,9+/m0/s1. The molecule has 0 spiro atoms. The first kappa shape index (κ1) is 11.1. The Bertz CT molecular complexity index is 412. The molecule has 0 aromatic heterocycles. The van der Waals surface area contributed by atoms with Gasteiger partial charge in [-0.15, -0.1) is 0 Å². The van der Waals surface area contributed by atoms with Gasteiger partial charge in [0.25, 0.3) is 0 Å². The van der Waals surface area contributed by atoms with Crippen LogP contribution in [0.5, 0.6) is 0 Å². The van der Waals surface area contributed by atoms with Crippen molar-refractivity contribution in [1.82, 2.24) is 0 Å². The molecule has 0 saturated heterocycles. The molecule has 86 valence electrons. The van der Waals surface area contributed by atoms with Crippen molar-refractivity contribution in [2.24, 2.45) is 28.3 Å². The number of hydrogen-bond acceptors (Lipinski definition) is 3. The van der Waals surface area contributed by atoms with Crippen LogP contribution in [-0.4, -0.2) is 19.5 Å². The first-order valence-electron chi connectivity index (χ1n) is 5.22. The number of sulfonamides is 1.